The Bertz CT molecular complexity index is 646. The Morgan fingerprint density at radius 2 is 1.96 bits per heavy atom. The minimum Gasteiger partial charge on any atom is -0.491 e. The van der Waals surface area contributed by atoms with Crippen molar-refractivity contribution in [2.75, 3.05) is 13.2 Å². The zero-order chi connectivity index (χ0) is 16.1. The van der Waals surface area contributed by atoms with Crippen LogP contribution in [0.15, 0.2) is 48.5 Å². The van der Waals surface area contributed by atoms with Gasteiger partial charge in [-0.15, -0.1) is 0 Å². The van der Waals surface area contributed by atoms with Crippen LogP contribution in [0.3, 0.4) is 0 Å². The van der Waals surface area contributed by atoms with Gasteiger partial charge in [0, 0.05) is 6.07 Å². The number of benzene rings is 2. The molecule has 1 aliphatic heterocycles. The summed E-state index contributed by atoms with van der Waals surface area (Å²) in [6, 6.07) is 13.4. The SMILES string of the molecule is CCC1OCC(COc2cccc(Oc3ccccc3F)c2)O1. The van der Waals surface area contributed by atoms with Gasteiger partial charge in [-0.2, -0.15) is 0 Å². The van der Waals surface area contributed by atoms with Crippen molar-refractivity contribution in [1.29, 1.82) is 0 Å². The molecule has 1 aliphatic rings. The highest BCUT2D eigenvalue weighted by molar-refractivity contribution is 5.37. The van der Waals surface area contributed by atoms with Crippen molar-refractivity contribution >= 4 is 0 Å². The first-order valence-corrected chi connectivity index (χ1v) is 7.67. The van der Waals surface area contributed by atoms with E-state index in [1.54, 1.807) is 36.4 Å². The lowest BCUT2D eigenvalue weighted by Crippen LogP contribution is -2.20. The fraction of sp³-hybridized carbons (Fsp3) is 0.333. The Balaban J connectivity index is 1.58. The maximum Gasteiger partial charge on any atom is 0.165 e. The Morgan fingerprint density at radius 3 is 2.74 bits per heavy atom. The molecular formula is C18H19FO4. The molecule has 0 aliphatic carbocycles. The monoisotopic (exact) mass is 318 g/mol. The van der Waals surface area contributed by atoms with Gasteiger partial charge in [0.05, 0.1) is 6.61 Å². The Hall–Kier alpha value is -2.11. The number of para-hydroxylation sites is 1. The minimum absolute atomic E-state index is 0.0731. The van der Waals surface area contributed by atoms with Crippen LogP contribution in [-0.2, 0) is 9.47 Å². The lowest BCUT2D eigenvalue weighted by atomic mass is 10.3. The molecule has 3 rings (SSSR count). The van der Waals surface area contributed by atoms with Gasteiger partial charge < -0.3 is 18.9 Å². The second kappa shape index (κ2) is 7.44. The van der Waals surface area contributed by atoms with E-state index >= 15 is 0 Å². The highest BCUT2D eigenvalue weighted by Crippen LogP contribution is 2.27. The Kier molecular flexibility index (Phi) is 5.10. The molecule has 4 nitrogen and oxygen atoms in total. The van der Waals surface area contributed by atoms with Gasteiger partial charge in [-0.25, -0.2) is 4.39 Å². The Labute approximate surface area is 134 Å². The molecule has 2 atom stereocenters. The molecule has 1 heterocycles. The first kappa shape index (κ1) is 15.8. The molecule has 0 bridgehead atoms. The van der Waals surface area contributed by atoms with E-state index in [1.165, 1.54) is 6.07 Å². The van der Waals surface area contributed by atoms with Crippen molar-refractivity contribution in [3.63, 3.8) is 0 Å². The molecule has 5 heteroatoms. The summed E-state index contributed by atoms with van der Waals surface area (Å²) in [6.45, 7) is 2.95. The van der Waals surface area contributed by atoms with Crippen molar-refractivity contribution < 1.29 is 23.3 Å². The smallest absolute Gasteiger partial charge is 0.165 e. The summed E-state index contributed by atoms with van der Waals surface area (Å²) in [5.41, 5.74) is 0. The third-order valence-corrected chi connectivity index (χ3v) is 3.45. The summed E-state index contributed by atoms with van der Waals surface area (Å²) >= 11 is 0. The van der Waals surface area contributed by atoms with Gasteiger partial charge in [-0.05, 0) is 30.7 Å². The van der Waals surface area contributed by atoms with Crippen LogP contribution in [0, 0.1) is 5.82 Å². The van der Waals surface area contributed by atoms with E-state index in [0.29, 0.717) is 24.7 Å². The van der Waals surface area contributed by atoms with Gasteiger partial charge in [0.1, 0.15) is 24.2 Å². The Morgan fingerprint density at radius 1 is 1.13 bits per heavy atom. The summed E-state index contributed by atoms with van der Waals surface area (Å²) in [4.78, 5) is 0. The molecule has 0 amide bonds. The van der Waals surface area contributed by atoms with Crippen LogP contribution in [-0.4, -0.2) is 25.6 Å². The van der Waals surface area contributed by atoms with Crippen molar-refractivity contribution in [2.45, 2.75) is 25.7 Å². The maximum atomic E-state index is 13.6. The molecule has 0 aromatic heterocycles. The predicted octanol–water partition coefficient (Wildman–Crippen LogP) is 4.15. The summed E-state index contributed by atoms with van der Waals surface area (Å²) in [6.07, 6.45) is 0.609. The van der Waals surface area contributed by atoms with Crippen LogP contribution in [0.4, 0.5) is 4.39 Å². The summed E-state index contributed by atoms with van der Waals surface area (Å²) in [7, 11) is 0. The minimum atomic E-state index is -0.402. The van der Waals surface area contributed by atoms with Crippen LogP contribution in [0.2, 0.25) is 0 Å². The molecule has 0 radical (unpaired) electrons. The van der Waals surface area contributed by atoms with Crippen LogP contribution < -0.4 is 9.47 Å². The molecule has 23 heavy (non-hydrogen) atoms. The van der Waals surface area contributed by atoms with Crippen molar-refractivity contribution in [1.82, 2.24) is 0 Å². The largest absolute Gasteiger partial charge is 0.491 e. The van der Waals surface area contributed by atoms with Gasteiger partial charge in [-0.1, -0.05) is 25.1 Å². The third kappa shape index (κ3) is 4.21. The van der Waals surface area contributed by atoms with Gasteiger partial charge in [0.2, 0.25) is 0 Å². The number of halogens is 1. The molecular weight excluding hydrogens is 299 g/mol. The first-order chi connectivity index (χ1) is 11.2. The molecule has 2 aromatic carbocycles. The average molecular weight is 318 g/mol. The van der Waals surface area contributed by atoms with Crippen molar-refractivity contribution in [2.24, 2.45) is 0 Å². The summed E-state index contributed by atoms with van der Waals surface area (Å²) in [5, 5.41) is 0. The third-order valence-electron chi connectivity index (χ3n) is 3.45. The van der Waals surface area contributed by atoms with Crippen LogP contribution in [0.5, 0.6) is 17.2 Å². The molecule has 122 valence electrons. The second-order valence-corrected chi connectivity index (χ2v) is 5.25. The molecule has 2 aromatic rings. The average Bonchev–Trinajstić information content (AvgIpc) is 3.04. The van der Waals surface area contributed by atoms with Gasteiger partial charge in [-0.3, -0.25) is 0 Å². The topological polar surface area (TPSA) is 36.9 Å². The van der Waals surface area contributed by atoms with E-state index in [1.807, 2.05) is 13.0 Å². The van der Waals surface area contributed by atoms with E-state index in [4.69, 9.17) is 18.9 Å². The second-order valence-electron chi connectivity index (χ2n) is 5.25. The lowest BCUT2D eigenvalue weighted by Gasteiger charge is -2.13. The van der Waals surface area contributed by atoms with Crippen LogP contribution in [0.1, 0.15) is 13.3 Å². The number of hydrogen-bond acceptors (Lipinski definition) is 4. The van der Waals surface area contributed by atoms with Crippen LogP contribution in [0.25, 0.3) is 0 Å². The van der Waals surface area contributed by atoms with Crippen molar-refractivity contribution in [3.8, 4) is 17.2 Å². The zero-order valence-corrected chi connectivity index (χ0v) is 12.9. The number of rotatable bonds is 6. The normalized spacial score (nSPS) is 20.4. The van der Waals surface area contributed by atoms with Crippen molar-refractivity contribution in [3.05, 3.63) is 54.3 Å². The van der Waals surface area contributed by atoms with Gasteiger partial charge in [0.15, 0.2) is 17.9 Å². The fourth-order valence-electron chi connectivity index (χ4n) is 2.28. The molecule has 0 N–H and O–H groups in total. The van der Waals surface area contributed by atoms with E-state index in [9.17, 15) is 4.39 Å². The quantitative estimate of drug-likeness (QED) is 0.802. The maximum absolute atomic E-state index is 13.6. The van der Waals surface area contributed by atoms with Gasteiger partial charge in [0.25, 0.3) is 0 Å². The summed E-state index contributed by atoms with van der Waals surface area (Å²) < 4.78 is 36.0. The molecule has 1 saturated heterocycles. The molecule has 1 fully saturated rings. The first-order valence-electron chi connectivity index (χ1n) is 7.67. The molecule has 2 unspecified atom stereocenters. The summed E-state index contributed by atoms with van der Waals surface area (Å²) in [5.74, 6) is 0.939. The molecule has 0 spiro atoms. The standard InChI is InChI=1S/C18H19FO4/c1-2-18-21-12-15(23-18)11-20-13-6-5-7-14(10-13)22-17-9-4-3-8-16(17)19/h3-10,15,18H,2,11-12H2,1H3. The van der Waals surface area contributed by atoms with Gasteiger partial charge >= 0.3 is 0 Å². The van der Waals surface area contributed by atoms with E-state index in [-0.39, 0.29) is 18.1 Å². The highest BCUT2D eigenvalue weighted by Gasteiger charge is 2.24. The van der Waals surface area contributed by atoms with Crippen LogP contribution >= 0.6 is 0 Å². The zero-order valence-electron chi connectivity index (χ0n) is 12.9. The van der Waals surface area contributed by atoms with E-state index < -0.39 is 5.82 Å². The van der Waals surface area contributed by atoms with E-state index in [0.717, 1.165) is 6.42 Å². The molecule has 0 saturated carbocycles. The van der Waals surface area contributed by atoms with E-state index in [2.05, 4.69) is 0 Å². The predicted molar refractivity (Wildman–Crippen MR) is 83.3 cm³/mol. The number of ether oxygens (including phenoxy) is 4. The highest BCUT2D eigenvalue weighted by atomic mass is 19.1. The lowest BCUT2D eigenvalue weighted by molar-refractivity contribution is -0.0642. The number of hydrogen-bond donors (Lipinski definition) is 0. The fourth-order valence-corrected chi connectivity index (χ4v) is 2.28.